The van der Waals surface area contributed by atoms with Crippen molar-refractivity contribution in [2.45, 2.75) is 10.4 Å². The number of carbonyl (C=O) groups excluding carboxylic acids is 1. The molecule has 21 heavy (non-hydrogen) atoms. The Bertz CT molecular complexity index is 665. The van der Waals surface area contributed by atoms with Gasteiger partial charge in [-0.2, -0.15) is 0 Å². The number of rotatable bonds is 2. The van der Waals surface area contributed by atoms with Gasteiger partial charge in [0, 0.05) is 22.1 Å². The van der Waals surface area contributed by atoms with E-state index in [0.717, 1.165) is 20.7 Å². The number of para-hydroxylation sites is 1. The van der Waals surface area contributed by atoms with Gasteiger partial charge in [-0.15, -0.1) is 0 Å². The zero-order valence-electron chi connectivity index (χ0n) is 11.3. The quantitative estimate of drug-likeness (QED) is 0.844. The molecule has 0 spiro atoms. The highest BCUT2D eigenvalue weighted by Gasteiger charge is 2.28. The predicted molar refractivity (Wildman–Crippen MR) is 90.8 cm³/mol. The molecule has 0 bridgehead atoms. The van der Waals surface area contributed by atoms with Gasteiger partial charge in [0.25, 0.3) is 0 Å². The molecule has 2 N–H and O–H groups in total. The van der Waals surface area contributed by atoms with Crippen molar-refractivity contribution in [1.29, 1.82) is 0 Å². The van der Waals surface area contributed by atoms with Crippen LogP contribution >= 0.6 is 27.7 Å². The summed E-state index contributed by atoms with van der Waals surface area (Å²) < 4.78 is 1.03. The molecule has 0 radical (unpaired) electrons. The second-order valence-electron chi connectivity index (χ2n) is 4.66. The maximum absolute atomic E-state index is 12.1. The summed E-state index contributed by atoms with van der Waals surface area (Å²) in [6, 6.07) is 15.3. The van der Waals surface area contributed by atoms with Crippen molar-refractivity contribution in [1.82, 2.24) is 5.32 Å². The molecule has 2 aromatic rings. The van der Waals surface area contributed by atoms with Crippen molar-refractivity contribution >= 4 is 45.1 Å². The van der Waals surface area contributed by atoms with Gasteiger partial charge < -0.3 is 15.5 Å². The first-order chi connectivity index (χ1) is 10.1. The number of benzene rings is 2. The largest absolute Gasteiger partial charge is 0.345 e. The van der Waals surface area contributed by atoms with E-state index in [1.165, 1.54) is 0 Å². The molecule has 0 fully saturated rings. The zero-order valence-corrected chi connectivity index (χ0v) is 13.7. The van der Waals surface area contributed by atoms with Crippen molar-refractivity contribution < 1.29 is 4.79 Å². The highest BCUT2D eigenvalue weighted by Crippen LogP contribution is 2.42. The molecule has 3 rings (SSSR count). The van der Waals surface area contributed by atoms with E-state index in [2.05, 4.69) is 43.6 Å². The van der Waals surface area contributed by atoms with Crippen molar-refractivity contribution in [3.05, 3.63) is 53.0 Å². The van der Waals surface area contributed by atoms with Crippen molar-refractivity contribution in [3.63, 3.8) is 0 Å². The molecule has 1 heterocycles. The normalized spacial score (nSPS) is 16.5. The topological polar surface area (TPSA) is 44.4 Å². The lowest BCUT2D eigenvalue weighted by atomic mass is 10.3. The van der Waals surface area contributed by atoms with Crippen LogP contribution in [0, 0.1) is 0 Å². The van der Waals surface area contributed by atoms with E-state index in [0.29, 0.717) is 0 Å². The summed E-state index contributed by atoms with van der Waals surface area (Å²) >= 11 is 5.10. The van der Waals surface area contributed by atoms with Crippen molar-refractivity contribution in [3.8, 4) is 0 Å². The molecule has 108 valence electrons. The number of nitrogens with one attached hydrogen (secondary N) is 2. The summed E-state index contributed by atoms with van der Waals surface area (Å²) in [6.07, 6.45) is 0. The van der Waals surface area contributed by atoms with Gasteiger partial charge in [-0.3, -0.25) is 0 Å². The SMILES string of the molecule is CN1c2cc(Br)ccc2SC1NC(=O)Nc1ccccc1. The smallest absolute Gasteiger partial charge is 0.321 e. The number of halogens is 1. The summed E-state index contributed by atoms with van der Waals surface area (Å²) in [5.41, 5.74) is 1.78. The number of anilines is 2. The van der Waals surface area contributed by atoms with Crippen LogP contribution in [0.1, 0.15) is 0 Å². The van der Waals surface area contributed by atoms with Gasteiger partial charge in [0.2, 0.25) is 0 Å². The van der Waals surface area contributed by atoms with Crippen LogP contribution in [0.15, 0.2) is 57.9 Å². The minimum absolute atomic E-state index is 0.113. The van der Waals surface area contributed by atoms with E-state index in [4.69, 9.17) is 0 Å². The monoisotopic (exact) mass is 363 g/mol. The Kier molecular flexibility index (Phi) is 4.07. The minimum Gasteiger partial charge on any atom is -0.345 e. The van der Waals surface area contributed by atoms with Crippen molar-refractivity contribution in [2.75, 3.05) is 17.3 Å². The van der Waals surface area contributed by atoms with Crippen LogP contribution in [-0.4, -0.2) is 18.6 Å². The Labute approximate surface area is 136 Å². The summed E-state index contributed by atoms with van der Waals surface area (Å²) in [5.74, 6) is 0. The average molecular weight is 364 g/mol. The van der Waals surface area contributed by atoms with Crippen LogP contribution in [0.2, 0.25) is 0 Å². The number of carbonyl (C=O) groups is 1. The van der Waals surface area contributed by atoms with Gasteiger partial charge in [-0.1, -0.05) is 45.9 Å². The number of hydrogen-bond donors (Lipinski definition) is 2. The van der Waals surface area contributed by atoms with Gasteiger partial charge in [0.05, 0.1) is 5.69 Å². The number of hydrogen-bond acceptors (Lipinski definition) is 3. The van der Waals surface area contributed by atoms with Crippen molar-refractivity contribution in [2.24, 2.45) is 0 Å². The first-order valence-electron chi connectivity index (χ1n) is 6.45. The fraction of sp³-hybridized carbons (Fsp3) is 0.133. The summed E-state index contributed by atoms with van der Waals surface area (Å²) in [6.45, 7) is 0. The summed E-state index contributed by atoms with van der Waals surface area (Å²) in [7, 11) is 1.97. The van der Waals surface area contributed by atoms with Gasteiger partial charge in [-0.25, -0.2) is 4.79 Å². The molecule has 1 aliphatic heterocycles. The molecular formula is C15H14BrN3OS. The van der Waals surface area contributed by atoms with Gasteiger partial charge in [0.15, 0.2) is 5.50 Å². The number of urea groups is 1. The lowest BCUT2D eigenvalue weighted by molar-refractivity contribution is 0.251. The van der Waals surface area contributed by atoms with Crippen LogP contribution in [0.4, 0.5) is 16.2 Å². The van der Waals surface area contributed by atoms with Crippen LogP contribution in [-0.2, 0) is 0 Å². The molecule has 2 aromatic carbocycles. The highest BCUT2D eigenvalue weighted by atomic mass is 79.9. The average Bonchev–Trinajstić information content (AvgIpc) is 2.76. The molecule has 1 atom stereocenters. The van der Waals surface area contributed by atoms with E-state index in [1.54, 1.807) is 11.8 Å². The Morgan fingerprint density at radius 2 is 2.00 bits per heavy atom. The third kappa shape index (κ3) is 3.16. The first kappa shape index (κ1) is 14.3. The van der Waals surface area contributed by atoms with Crippen LogP contribution in [0.25, 0.3) is 0 Å². The van der Waals surface area contributed by atoms with Crippen LogP contribution in [0.5, 0.6) is 0 Å². The van der Waals surface area contributed by atoms with E-state index in [1.807, 2.05) is 43.4 Å². The van der Waals surface area contributed by atoms with E-state index in [-0.39, 0.29) is 11.5 Å². The van der Waals surface area contributed by atoms with E-state index < -0.39 is 0 Å². The molecule has 4 nitrogen and oxygen atoms in total. The third-order valence-electron chi connectivity index (χ3n) is 3.18. The molecule has 1 unspecified atom stereocenters. The third-order valence-corrected chi connectivity index (χ3v) is 4.93. The maximum Gasteiger partial charge on any atom is 0.321 e. The number of thioether (sulfide) groups is 1. The molecule has 0 saturated carbocycles. The lowest BCUT2D eigenvalue weighted by Crippen LogP contribution is -2.43. The Morgan fingerprint density at radius 3 is 2.76 bits per heavy atom. The number of amides is 2. The molecule has 0 saturated heterocycles. The summed E-state index contributed by atoms with van der Waals surface area (Å²) in [5, 5.41) is 5.80. The van der Waals surface area contributed by atoms with E-state index >= 15 is 0 Å². The second kappa shape index (κ2) is 5.99. The molecule has 6 heteroatoms. The zero-order chi connectivity index (χ0) is 14.8. The Morgan fingerprint density at radius 1 is 1.24 bits per heavy atom. The molecule has 0 aromatic heterocycles. The number of fused-ring (bicyclic) bond motifs is 1. The van der Waals surface area contributed by atoms with E-state index in [9.17, 15) is 4.79 Å². The fourth-order valence-electron chi connectivity index (χ4n) is 2.12. The lowest BCUT2D eigenvalue weighted by Gasteiger charge is -2.22. The Balaban J connectivity index is 1.66. The maximum atomic E-state index is 12.1. The Hall–Kier alpha value is -1.66. The summed E-state index contributed by atoms with van der Waals surface area (Å²) in [4.78, 5) is 15.3. The molecular weight excluding hydrogens is 350 g/mol. The molecule has 1 aliphatic rings. The standard InChI is InChI=1S/C15H14BrN3OS/c1-19-12-9-10(16)7-8-13(12)21-15(19)18-14(20)17-11-5-3-2-4-6-11/h2-9,15H,1H3,(H2,17,18,20). The minimum atomic E-state index is -0.211. The van der Waals surface area contributed by atoms with Gasteiger partial charge in [0.1, 0.15) is 0 Å². The highest BCUT2D eigenvalue weighted by molar-refractivity contribution is 9.10. The second-order valence-corrected chi connectivity index (χ2v) is 6.70. The first-order valence-corrected chi connectivity index (χ1v) is 8.12. The van der Waals surface area contributed by atoms with Crippen LogP contribution in [0.3, 0.4) is 0 Å². The molecule has 0 aliphatic carbocycles. The fourth-order valence-corrected chi connectivity index (χ4v) is 3.62. The number of nitrogens with zero attached hydrogens (tertiary/aromatic N) is 1. The molecule has 2 amide bonds. The van der Waals surface area contributed by atoms with Gasteiger partial charge in [-0.05, 0) is 30.3 Å². The van der Waals surface area contributed by atoms with Gasteiger partial charge >= 0.3 is 6.03 Å². The van der Waals surface area contributed by atoms with Crippen LogP contribution < -0.4 is 15.5 Å². The predicted octanol–water partition coefficient (Wildman–Crippen LogP) is 4.10.